The smallest absolute Gasteiger partial charge is 0.169 e. The summed E-state index contributed by atoms with van der Waals surface area (Å²) in [6, 6.07) is 19.1. The maximum Gasteiger partial charge on any atom is 0.169 e. The molecule has 3 nitrogen and oxygen atoms in total. The number of hydrogen-bond acceptors (Lipinski definition) is 3. The molecule has 3 rings (SSSR count). The number of Topliss-reactive ketones (excluding diaryl/α,β-unsaturated/α-hetero) is 1. The highest BCUT2D eigenvalue weighted by atomic mass is 16.1. The number of nitriles is 2. The van der Waals surface area contributed by atoms with E-state index < -0.39 is 11.3 Å². The topological polar surface area (TPSA) is 64.7 Å². The van der Waals surface area contributed by atoms with Crippen LogP contribution in [0.25, 0.3) is 0 Å². The van der Waals surface area contributed by atoms with Gasteiger partial charge in [0.15, 0.2) is 11.2 Å². The Morgan fingerprint density at radius 2 is 1.70 bits per heavy atom. The van der Waals surface area contributed by atoms with E-state index in [4.69, 9.17) is 0 Å². The van der Waals surface area contributed by atoms with E-state index in [-0.39, 0.29) is 11.7 Å². The number of carbonyl (C=O) groups excluding carboxylic acids is 1. The lowest BCUT2D eigenvalue weighted by molar-refractivity contribution is 0.0958. The van der Waals surface area contributed by atoms with Crippen LogP contribution < -0.4 is 0 Å². The molecule has 0 unspecified atom stereocenters. The van der Waals surface area contributed by atoms with Gasteiger partial charge in [-0.3, -0.25) is 4.79 Å². The molecule has 112 valence electrons. The molecule has 3 heteroatoms. The molecule has 23 heavy (non-hydrogen) atoms. The predicted molar refractivity (Wildman–Crippen MR) is 86.6 cm³/mol. The Kier molecular flexibility index (Phi) is 3.51. The van der Waals surface area contributed by atoms with Crippen molar-refractivity contribution in [3.63, 3.8) is 0 Å². The summed E-state index contributed by atoms with van der Waals surface area (Å²) in [6.07, 6.45) is 0. The standard InChI is InChI=1S/C20H16N2O/c1-13-8-9-16(14(2)10-13)17-18(20(17,11-21)12-22)19(23)15-6-4-3-5-7-15/h3-10,17-18H,1-2H3/t17-,18-/m0/s1. The summed E-state index contributed by atoms with van der Waals surface area (Å²) in [5.41, 5.74) is 2.37. The monoisotopic (exact) mass is 300 g/mol. The first-order valence-corrected chi connectivity index (χ1v) is 7.54. The number of hydrogen-bond donors (Lipinski definition) is 0. The second-order valence-electron chi connectivity index (χ2n) is 6.14. The van der Waals surface area contributed by atoms with Crippen LogP contribution in [0, 0.1) is 47.8 Å². The maximum absolute atomic E-state index is 12.8. The molecule has 0 heterocycles. The van der Waals surface area contributed by atoms with Gasteiger partial charge in [0, 0.05) is 11.5 Å². The fraction of sp³-hybridized carbons (Fsp3) is 0.250. The SMILES string of the molecule is Cc1ccc([C@H]2[C@@H](C(=O)c3ccccc3)C2(C#N)C#N)c(C)c1. The third-order valence-electron chi connectivity index (χ3n) is 4.68. The largest absolute Gasteiger partial charge is 0.294 e. The summed E-state index contributed by atoms with van der Waals surface area (Å²) in [4.78, 5) is 12.8. The number of nitrogens with zero attached hydrogens (tertiary/aromatic N) is 2. The van der Waals surface area contributed by atoms with E-state index in [1.165, 1.54) is 0 Å². The predicted octanol–water partition coefficient (Wildman–Crippen LogP) is 3.93. The molecule has 0 N–H and O–H groups in total. The first kappa shape index (κ1) is 15.0. The second-order valence-corrected chi connectivity index (χ2v) is 6.14. The molecule has 1 fully saturated rings. The van der Waals surface area contributed by atoms with Crippen molar-refractivity contribution >= 4 is 5.78 Å². The van der Waals surface area contributed by atoms with Crippen LogP contribution in [0.15, 0.2) is 48.5 Å². The van der Waals surface area contributed by atoms with Crippen LogP contribution in [-0.2, 0) is 0 Å². The molecule has 1 saturated carbocycles. The minimum absolute atomic E-state index is 0.126. The summed E-state index contributed by atoms with van der Waals surface area (Å²) < 4.78 is 0. The summed E-state index contributed by atoms with van der Waals surface area (Å²) >= 11 is 0. The van der Waals surface area contributed by atoms with Gasteiger partial charge in [0.2, 0.25) is 0 Å². The average Bonchev–Trinajstić information content (AvgIpc) is 3.24. The third-order valence-corrected chi connectivity index (χ3v) is 4.68. The highest BCUT2D eigenvalue weighted by Gasteiger charge is 2.70. The van der Waals surface area contributed by atoms with Gasteiger partial charge in [-0.15, -0.1) is 0 Å². The van der Waals surface area contributed by atoms with Crippen LogP contribution in [0.1, 0.15) is 33.0 Å². The molecular weight excluding hydrogens is 284 g/mol. The Bertz CT molecular complexity index is 841. The fourth-order valence-electron chi connectivity index (χ4n) is 3.43. The molecule has 2 aromatic rings. The normalized spacial score (nSPS) is 21.0. The van der Waals surface area contributed by atoms with Crippen LogP contribution in [-0.4, -0.2) is 5.78 Å². The molecule has 0 aliphatic heterocycles. The first-order chi connectivity index (χ1) is 11.0. The van der Waals surface area contributed by atoms with Crippen molar-refractivity contribution in [2.45, 2.75) is 19.8 Å². The van der Waals surface area contributed by atoms with E-state index in [1.807, 2.05) is 38.1 Å². The van der Waals surface area contributed by atoms with Crippen molar-refractivity contribution < 1.29 is 4.79 Å². The molecule has 1 aliphatic rings. The van der Waals surface area contributed by atoms with Crippen LogP contribution in [0.4, 0.5) is 0 Å². The van der Waals surface area contributed by atoms with Gasteiger partial charge in [0.1, 0.15) is 0 Å². The highest BCUT2D eigenvalue weighted by Crippen LogP contribution is 2.65. The number of ketones is 1. The van der Waals surface area contributed by atoms with E-state index in [2.05, 4.69) is 12.1 Å². The lowest BCUT2D eigenvalue weighted by Crippen LogP contribution is -2.08. The number of carbonyl (C=O) groups is 1. The number of benzene rings is 2. The molecular formula is C20H16N2O. The summed E-state index contributed by atoms with van der Waals surface area (Å²) in [7, 11) is 0. The Hall–Kier alpha value is -2.91. The van der Waals surface area contributed by atoms with Crippen LogP contribution in [0.3, 0.4) is 0 Å². The summed E-state index contributed by atoms with van der Waals surface area (Å²) in [5, 5.41) is 19.2. The fourth-order valence-corrected chi connectivity index (χ4v) is 3.43. The maximum atomic E-state index is 12.8. The van der Waals surface area contributed by atoms with Crippen molar-refractivity contribution in [2.75, 3.05) is 0 Å². The van der Waals surface area contributed by atoms with E-state index in [1.54, 1.807) is 24.3 Å². The first-order valence-electron chi connectivity index (χ1n) is 7.54. The minimum Gasteiger partial charge on any atom is -0.294 e. The number of rotatable bonds is 3. The molecule has 2 atom stereocenters. The molecule has 0 radical (unpaired) electrons. The highest BCUT2D eigenvalue weighted by molar-refractivity contribution is 6.02. The van der Waals surface area contributed by atoms with Gasteiger partial charge in [-0.05, 0) is 25.0 Å². The van der Waals surface area contributed by atoms with Crippen LogP contribution in [0.5, 0.6) is 0 Å². The molecule has 1 aliphatic carbocycles. The van der Waals surface area contributed by atoms with Crippen LogP contribution >= 0.6 is 0 Å². The van der Waals surface area contributed by atoms with Gasteiger partial charge >= 0.3 is 0 Å². The van der Waals surface area contributed by atoms with Gasteiger partial charge in [0.05, 0.1) is 18.1 Å². The van der Waals surface area contributed by atoms with Gasteiger partial charge in [0.25, 0.3) is 0 Å². The zero-order chi connectivity index (χ0) is 16.6. The minimum atomic E-state index is -1.26. The number of aryl methyl sites for hydroxylation is 2. The molecule has 0 saturated heterocycles. The molecule has 0 aromatic heterocycles. The Morgan fingerprint density at radius 1 is 1.04 bits per heavy atom. The lowest BCUT2D eigenvalue weighted by Gasteiger charge is -2.06. The molecule has 0 bridgehead atoms. The van der Waals surface area contributed by atoms with E-state index >= 15 is 0 Å². The lowest BCUT2D eigenvalue weighted by atomic mass is 9.97. The van der Waals surface area contributed by atoms with Gasteiger partial charge < -0.3 is 0 Å². The second kappa shape index (κ2) is 5.38. The molecule has 0 amide bonds. The zero-order valence-electron chi connectivity index (χ0n) is 13.1. The summed E-state index contributed by atoms with van der Waals surface area (Å²) in [5.74, 6) is -1.08. The van der Waals surface area contributed by atoms with Crippen molar-refractivity contribution in [2.24, 2.45) is 11.3 Å². The van der Waals surface area contributed by atoms with Gasteiger partial charge in [-0.25, -0.2) is 0 Å². The average molecular weight is 300 g/mol. The quantitative estimate of drug-likeness (QED) is 0.807. The van der Waals surface area contributed by atoms with Crippen molar-refractivity contribution in [1.29, 1.82) is 10.5 Å². The van der Waals surface area contributed by atoms with Crippen LogP contribution in [0.2, 0.25) is 0 Å². The van der Waals surface area contributed by atoms with Crippen molar-refractivity contribution in [3.8, 4) is 12.1 Å². The van der Waals surface area contributed by atoms with E-state index in [0.29, 0.717) is 5.56 Å². The van der Waals surface area contributed by atoms with E-state index in [0.717, 1.165) is 16.7 Å². The molecule has 0 spiro atoms. The third kappa shape index (κ3) is 2.22. The zero-order valence-corrected chi connectivity index (χ0v) is 13.1. The van der Waals surface area contributed by atoms with Crippen molar-refractivity contribution in [3.05, 3.63) is 70.8 Å². The Labute approximate surface area is 135 Å². The Morgan fingerprint density at radius 3 is 2.26 bits per heavy atom. The van der Waals surface area contributed by atoms with E-state index in [9.17, 15) is 15.3 Å². The van der Waals surface area contributed by atoms with Crippen molar-refractivity contribution in [1.82, 2.24) is 0 Å². The van der Waals surface area contributed by atoms with Gasteiger partial charge in [-0.2, -0.15) is 10.5 Å². The van der Waals surface area contributed by atoms with Gasteiger partial charge in [-0.1, -0.05) is 54.1 Å². The Balaban J connectivity index is 2.05. The molecule has 2 aromatic carbocycles. The summed E-state index contributed by atoms with van der Waals surface area (Å²) in [6.45, 7) is 3.96.